The van der Waals surface area contributed by atoms with Gasteiger partial charge >= 0.3 is 5.97 Å². The summed E-state index contributed by atoms with van der Waals surface area (Å²) in [7, 11) is -2.49. The first-order valence-corrected chi connectivity index (χ1v) is 18.1. The van der Waals surface area contributed by atoms with Gasteiger partial charge in [-0.25, -0.2) is 9.13 Å². The average Bonchev–Trinajstić information content (AvgIpc) is 3.37. The van der Waals surface area contributed by atoms with Crippen LogP contribution >= 0.6 is 7.14 Å². The van der Waals surface area contributed by atoms with E-state index in [1.165, 1.54) is 11.8 Å². The zero-order valence-electron chi connectivity index (χ0n) is 27.6. The summed E-state index contributed by atoms with van der Waals surface area (Å²) >= 11 is 0. The summed E-state index contributed by atoms with van der Waals surface area (Å²) in [5, 5.41) is 0. The number of carbonyl (C=O) groups excluding carboxylic acids is 4. The molecule has 0 bridgehead atoms. The number of ether oxygens (including phenoxy) is 2. The molecular formula is C33H44IN4O7P. The van der Waals surface area contributed by atoms with Crippen molar-refractivity contribution in [3.8, 4) is 5.75 Å². The molecule has 0 unspecified atom stereocenters. The van der Waals surface area contributed by atoms with Gasteiger partial charge in [-0.2, -0.15) is 0 Å². The van der Waals surface area contributed by atoms with Crippen LogP contribution in [0.2, 0.25) is 0 Å². The van der Waals surface area contributed by atoms with E-state index < -0.39 is 19.2 Å². The molecule has 4 rings (SSSR count). The number of fused-ring (bicyclic) bond motifs is 2. The summed E-state index contributed by atoms with van der Waals surface area (Å²) in [6, 6.07) is 12.4. The molecule has 0 N–H and O–H groups in total. The number of imide groups is 1. The van der Waals surface area contributed by atoms with Gasteiger partial charge in [-0.1, -0.05) is 26.0 Å². The molecule has 1 aliphatic rings. The van der Waals surface area contributed by atoms with Crippen molar-refractivity contribution in [2.24, 2.45) is 5.92 Å². The third-order valence-corrected chi connectivity index (χ3v) is 8.55. The second-order valence-corrected chi connectivity index (χ2v) is 15.8. The summed E-state index contributed by atoms with van der Waals surface area (Å²) in [6.07, 6.45) is 0.0655. The Kier molecular flexibility index (Phi) is 12.6. The zero-order valence-corrected chi connectivity index (χ0v) is 30.7. The van der Waals surface area contributed by atoms with Gasteiger partial charge in [0.25, 0.3) is 17.6 Å². The van der Waals surface area contributed by atoms with E-state index in [0.29, 0.717) is 42.2 Å². The average molecular weight is 767 g/mol. The Bertz CT molecular complexity index is 1630. The van der Waals surface area contributed by atoms with Crippen molar-refractivity contribution in [1.82, 2.24) is 14.4 Å². The summed E-state index contributed by atoms with van der Waals surface area (Å²) in [4.78, 5) is 54.1. The Morgan fingerprint density at radius 2 is 1.65 bits per heavy atom. The fourth-order valence-electron chi connectivity index (χ4n) is 5.73. The van der Waals surface area contributed by atoms with E-state index in [-0.39, 0.29) is 73.6 Å². The Labute approximate surface area is 287 Å². The molecule has 2 heterocycles. The van der Waals surface area contributed by atoms with Crippen molar-refractivity contribution in [2.75, 3.05) is 32.8 Å². The topological polar surface area (TPSA) is 119 Å². The second-order valence-electron chi connectivity index (χ2n) is 12.4. The highest BCUT2D eigenvalue weighted by Crippen LogP contribution is 2.36. The Hall–Kier alpha value is -3.25. The molecule has 250 valence electrons. The van der Waals surface area contributed by atoms with Crippen LogP contribution in [0.15, 0.2) is 42.5 Å². The first-order valence-electron chi connectivity index (χ1n) is 15.3. The van der Waals surface area contributed by atoms with Gasteiger partial charge in [0.2, 0.25) is 5.91 Å². The minimum Gasteiger partial charge on any atom is -1.00 e. The molecule has 1 atom stereocenters. The molecule has 3 aromatic rings. The first kappa shape index (κ1) is 37.2. The number of benzene rings is 2. The number of halogens is 1. The lowest BCUT2D eigenvalue weighted by molar-refractivity contribution is -0.677. The highest BCUT2D eigenvalue weighted by molar-refractivity contribution is 7.62. The molecule has 0 aliphatic carbocycles. The Balaban J connectivity index is 0.00000576. The maximum Gasteiger partial charge on any atom is 0.303 e. The second kappa shape index (κ2) is 15.6. The SMILES string of the molecule is CC[n+]1c(CN2C(=O)c3ccccc3C2=O)n(C[C@H](C)OC(C)=O)c2cc(OCCN(CP(C)(C)=O)C(=O)CC(C)C)ccc21.[I-]. The van der Waals surface area contributed by atoms with E-state index in [1.54, 1.807) is 49.4 Å². The fourth-order valence-corrected chi connectivity index (χ4v) is 6.85. The summed E-state index contributed by atoms with van der Waals surface area (Å²) in [5.74, 6) is 0.268. The highest BCUT2D eigenvalue weighted by Gasteiger charge is 2.39. The number of rotatable bonds is 14. The van der Waals surface area contributed by atoms with Crippen LogP contribution in [0.5, 0.6) is 5.75 Å². The summed E-state index contributed by atoms with van der Waals surface area (Å²) in [5.41, 5.74) is 2.39. The standard InChI is InChI=1S/C33H44N4O7P.HI/c1-8-35-28-14-13-25(43-16-15-34(21-45(6,7)42)31(39)17-22(2)3)18-29(28)36(19-23(4)44-24(5)38)30(35)20-37-32(40)26-11-9-10-12-27(26)33(37)41;/h9-14,18,22-23H,8,15-17,19-21H2,1-7H3;1H/q+1;/p-1/t23-;/m0./s1. The van der Waals surface area contributed by atoms with Gasteiger partial charge in [-0.3, -0.25) is 24.1 Å². The van der Waals surface area contributed by atoms with E-state index in [0.717, 1.165) is 11.0 Å². The van der Waals surface area contributed by atoms with Gasteiger partial charge in [-0.15, -0.1) is 0 Å². The van der Waals surface area contributed by atoms with E-state index in [2.05, 4.69) is 0 Å². The molecule has 0 radical (unpaired) electrons. The number of aryl methyl sites for hydroxylation is 1. The zero-order chi connectivity index (χ0) is 33.1. The number of carbonyl (C=O) groups is 4. The predicted molar refractivity (Wildman–Crippen MR) is 171 cm³/mol. The molecule has 13 heteroatoms. The highest BCUT2D eigenvalue weighted by atomic mass is 127. The van der Waals surface area contributed by atoms with Crippen LogP contribution in [0.4, 0.5) is 0 Å². The molecule has 1 aromatic heterocycles. The first-order chi connectivity index (χ1) is 21.2. The lowest BCUT2D eigenvalue weighted by Crippen LogP contribution is -3.00. The molecule has 0 saturated heterocycles. The molecule has 0 saturated carbocycles. The van der Waals surface area contributed by atoms with Crippen molar-refractivity contribution >= 4 is 41.9 Å². The summed E-state index contributed by atoms with van der Waals surface area (Å²) < 4.78 is 28.2. The predicted octanol–water partition coefficient (Wildman–Crippen LogP) is 1.53. The van der Waals surface area contributed by atoms with Gasteiger partial charge in [-0.05, 0) is 57.4 Å². The van der Waals surface area contributed by atoms with Gasteiger partial charge in [0.1, 0.15) is 38.7 Å². The number of nitrogens with zero attached hydrogens (tertiary/aromatic N) is 4. The van der Waals surface area contributed by atoms with Gasteiger partial charge in [0.15, 0.2) is 11.0 Å². The molecule has 0 fully saturated rings. The Morgan fingerprint density at radius 3 is 2.20 bits per heavy atom. The van der Waals surface area contributed by atoms with Crippen LogP contribution in [0, 0.1) is 5.92 Å². The summed E-state index contributed by atoms with van der Waals surface area (Å²) in [6.45, 7) is 13.8. The third-order valence-electron chi connectivity index (χ3n) is 7.53. The lowest BCUT2D eigenvalue weighted by Gasteiger charge is -2.25. The normalized spacial score (nSPS) is 13.5. The van der Waals surface area contributed by atoms with E-state index in [4.69, 9.17) is 9.47 Å². The van der Waals surface area contributed by atoms with Crippen LogP contribution in [0.3, 0.4) is 0 Å². The van der Waals surface area contributed by atoms with Crippen molar-refractivity contribution in [2.45, 2.75) is 66.8 Å². The molecule has 11 nitrogen and oxygen atoms in total. The maximum atomic E-state index is 13.3. The van der Waals surface area contributed by atoms with Crippen molar-refractivity contribution < 1.29 is 61.8 Å². The maximum absolute atomic E-state index is 13.3. The number of amides is 3. The van der Waals surface area contributed by atoms with Crippen LogP contribution in [0.1, 0.15) is 67.6 Å². The molecule has 1 aliphatic heterocycles. The van der Waals surface area contributed by atoms with E-state index in [9.17, 15) is 23.7 Å². The van der Waals surface area contributed by atoms with Crippen molar-refractivity contribution in [1.29, 1.82) is 0 Å². The molecular weight excluding hydrogens is 722 g/mol. The molecule has 3 amide bonds. The van der Waals surface area contributed by atoms with Crippen LogP contribution in [-0.2, 0) is 38.5 Å². The quantitative estimate of drug-likeness (QED) is 0.0804. The van der Waals surface area contributed by atoms with Crippen LogP contribution < -0.4 is 33.3 Å². The minimum atomic E-state index is -2.49. The van der Waals surface area contributed by atoms with Crippen LogP contribution in [-0.4, -0.2) is 76.9 Å². The molecule has 0 spiro atoms. The Morgan fingerprint density at radius 1 is 1.02 bits per heavy atom. The van der Waals surface area contributed by atoms with Crippen molar-refractivity contribution in [3.05, 3.63) is 59.4 Å². The van der Waals surface area contributed by atoms with Gasteiger partial charge in [0, 0.05) is 19.4 Å². The molecule has 2 aromatic carbocycles. The third kappa shape index (κ3) is 8.76. The van der Waals surface area contributed by atoms with E-state index in [1.807, 2.05) is 48.1 Å². The molecule has 46 heavy (non-hydrogen) atoms. The van der Waals surface area contributed by atoms with Gasteiger partial charge in [0.05, 0.1) is 30.5 Å². The van der Waals surface area contributed by atoms with Crippen molar-refractivity contribution in [3.63, 3.8) is 0 Å². The smallest absolute Gasteiger partial charge is 0.303 e. The minimum absolute atomic E-state index is 0. The van der Waals surface area contributed by atoms with E-state index >= 15 is 0 Å². The number of hydrogen-bond donors (Lipinski definition) is 0. The number of esters is 1. The fraction of sp³-hybridized carbons (Fsp3) is 0.485. The monoisotopic (exact) mass is 766 g/mol. The van der Waals surface area contributed by atoms with Gasteiger partial charge < -0.3 is 42.9 Å². The number of hydrogen-bond acceptors (Lipinski definition) is 7. The lowest BCUT2D eigenvalue weighted by atomic mass is 10.1. The largest absolute Gasteiger partial charge is 1.00 e. The van der Waals surface area contributed by atoms with Crippen LogP contribution in [0.25, 0.3) is 11.0 Å². The number of aromatic nitrogens is 2. The number of imidazole rings is 1.